The third-order valence-electron chi connectivity index (χ3n) is 2.21. The quantitative estimate of drug-likeness (QED) is 0.758. The Morgan fingerprint density at radius 3 is 2.40 bits per heavy atom. The fourth-order valence-electron chi connectivity index (χ4n) is 1.28. The largest absolute Gasteiger partial charge is 0.497 e. The number of methoxy groups -OCH3 is 1. The van der Waals surface area contributed by atoms with Gasteiger partial charge >= 0.3 is 5.97 Å². The number of hydrogen-bond donors (Lipinski definition) is 2. The Kier molecular flexibility index (Phi) is 4.12. The average Bonchev–Trinajstić information content (AvgIpc) is 2.26. The fourth-order valence-corrected chi connectivity index (χ4v) is 1.28. The van der Waals surface area contributed by atoms with E-state index in [2.05, 4.69) is 0 Å². The molecule has 1 rings (SSSR count). The first kappa shape index (κ1) is 11.5. The lowest BCUT2D eigenvalue weighted by Gasteiger charge is -2.09. The predicted molar refractivity (Wildman–Crippen MR) is 54.9 cm³/mol. The normalized spacial score (nSPS) is 12.1. The Morgan fingerprint density at radius 1 is 1.40 bits per heavy atom. The molecule has 1 aromatic rings. The molecule has 82 valence electrons. The van der Waals surface area contributed by atoms with Crippen LogP contribution in [0.15, 0.2) is 24.3 Å². The van der Waals surface area contributed by atoms with Gasteiger partial charge in [0.2, 0.25) is 0 Å². The first-order valence-corrected chi connectivity index (χ1v) is 4.64. The average molecular weight is 210 g/mol. The summed E-state index contributed by atoms with van der Waals surface area (Å²) in [6.07, 6.45) is 0.329. The molecule has 15 heavy (non-hydrogen) atoms. The van der Waals surface area contributed by atoms with E-state index in [4.69, 9.17) is 14.9 Å². The second-order valence-electron chi connectivity index (χ2n) is 3.27. The van der Waals surface area contributed by atoms with Crippen LogP contribution in [-0.4, -0.2) is 29.9 Å². The van der Waals surface area contributed by atoms with Gasteiger partial charge in [-0.3, -0.25) is 4.79 Å². The number of aliphatic hydroxyl groups excluding tert-OH is 1. The second kappa shape index (κ2) is 5.36. The summed E-state index contributed by atoms with van der Waals surface area (Å²) in [5, 5.41) is 17.6. The predicted octanol–water partition coefficient (Wildman–Crippen LogP) is 0.931. The van der Waals surface area contributed by atoms with Crippen molar-refractivity contribution in [1.29, 1.82) is 0 Å². The van der Waals surface area contributed by atoms with Gasteiger partial charge in [0.15, 0.2) is 0 Å². The molecule has 0 fully saturated rings. The summed E-state index contributed by atoms with van der Waals surface area (Å²) in [5.41, 5.74) is 0.872. The van der Waals surface area contributed by atoms with Crippen LogP contribution in [0.1, 0.15) is 5.56 Å². The number of rotatable bonds is 5. The standard InChI is InChI=1S/C11H14O4/c1-15-10-4-2-8(3-5-10)6-9(7-12)11(13)14/h2-5,9,12H,6-7H2,1H3,(H,13,14). The number of carboxylic acid groups (broad SMARTS) is 1. The minimum atomic E-state index is -0.978. The number of carboxylic acids is 1. The lowest BCUT2D eigenvalue weighted by atomic mass is 10.0. The monoisotopic (exact) mass is 210 g/mol. The van der Waals surface area contributed by atoms with Crippen LogP contribution in [0.3, 0.4) is 0 Å². The molecule has 0 heterocycles. The summed E-state index contributed by atoms with van der Waals surface area (Å²) < 4.78 is 4.98. The number of hydrogen-bond acceptors (Lipinski definition) is 3. The van der Waals surface area contributed by atoms with Gasteiger partial charge in [-0.2, -0.15) is 0 Å². The molecule has 0 saturated heterocycles. The molecular formula is C11H14O4. The Labute approximate surface area is 88.1 Å². The third-order valence-corrected chi connectivity index (χ3v) is 2.21. The summed E-state index contributed by atoms with van der Waals surface area (Å²) in [4.78, 5) is 10.7. The third kappa shape index (κ3) is 3.25. The molecule has 1 aromatic carbocycles. The molecule has 0 aliphatic carbocycles. The molecule has 2 N–H and O–H groups in total. The van der Waals surface area contributed by atoms with Crippen molar-refractivity contribution in [2.75, 3.05) is 13.7 Å². The van der Waals surface area contributed by atoms with Crippen molar-refractivity contribution >= 4 is 5.97 Å². The summed E-state index contributed by atoms with van der Waals surface area (Å²) in [6, 6.07) is 7.13. The molecule has 0 aliphatic rings. The molecule has 0 bridgehead atoms. The highest BCUT2D eigenvalue weighted by atomic mass is 16.5. The molecule has 4 heteroatoms. The minimum absolute atomic E-state index is 0.329. The summed E-state index contributed by atoms with van der Waals surface area (Å²) in [5.74, 6) is -0.985. The van der Waals surface area contributed by atoms with Crippen LogP contribution < -0.4 is 4.74 Å². The van der Waals surface area contributed by atoms with Crippen molar-refractivity contribution in [2.24, 2.45) is 5.92 Å². The SMILES string of the molecule is COc1ccc(CC(CO)C(=O)O)cc1. The van der Waals surface area contributed by atoms with Crippen LogP contribution in [-0.2, 0) is 11.2 Å². The van der Waals surface area contributed by atoms with Gasteiger partial charge < -0.3 is 14.9 Å². The molecule has 0 amide bonds. The van der Waals surface area contributed by atoms with Crippen LogP contribution in [0, 0.1) is 5.92 Å². The van der Waals surface area contributed by atoms with Crippen molar-refractivity contribution in [3.63, 3.8) is 0 Å². The Morgan fingerprint density at radius 2 is 2.00 bits per heavy atom. The van der Waals surface area contributed by atoms with Gasteiger partial charge in [0.25, 0.3) is 0 Å². The van der Waals surface area contributed by atoms with Gasteiger partial charge in [-0.25, -0.2) is 0 Å². The maximum atomic E-state index is 10.7. The van der Waals surface area contributed by atoms with E-state index in [1.54, 1.807) is 31.4 Å². The molecule has 1 unspecified atom stereocenters. The van der Waals surface area contributed by atoms with Crippen molar-refractivity contribution in [3.05, 3.63) is 29.8 Å². The maximum Gasteiger partial charge on any atom is 0.309 e. The van der Waals surface area contributed by atoms with Gasteiger partial charge in [0, 0.05) is 0 Å². The van der Waals surface area contributed by atoms with Crippen LogP contribution in [0.2, 0.25) is 0 Å². The smallest absolute Gasteiger partial charge is 0.309 e. The zero-order chi connectivity index (χ0) is 11.3. The van der Waals surface area contributed by atoms with E-state index in [9.17, 15) is 4.79 Å². The zero-order valence-corrected chi connectivity index (χ0v) is 8.51. The number of carbonyl (C=O) groups is 1. The van der Waals surface area contributed by atoms with E-state index < -0.39 is 11.9 Å². The van der Waals surface area contributed by atoms with Crippen LogP contribution in [0.25, 0.3) is 0 Å². The topological polar surface area (TPSA) is 66.8 Å². The van der Waals surface area contributed by atoms with Gasteiger partial charge in [0.1, 0.15) is 5.75 Å². The zero-order valence-electron chi connectivity index (χ0n) is 8.51. The van der Waals surface area contributed by atoms with E-state index in [1.165, 1.54) is 0 Å². The minimum Gasteiger partial charge on any atom is -0.497 e. The highest BCUT2D eigenvalue weighted by molar-refractivity contribution is 5.70. The molecule has 0 radical (unpaired) electrons. The number of aliphatic hydroxyl groups is 1. The maximum absolute atomic E-state index is 10.7. The summed E-state index contributed by atoms with van der Waals surface area (Å²) in [6.45, 7) is -0.346. The molecular weight excluding hydrogens is 196 g/mol. The molecule has 0 aliphatic heterocycles. The van der Waals surface area contributed by atoms with Crippen molar-refractivity contribution in [1.82, 2.24) is 0 Å². The second-order valence-corrected chi connectivity index (χ2v) is 3.27. The fraction of sp³-hybridized carbons (Fsp3) is 0.364. The summed E-state index contributed by atoms with van der Waals surface area (Å²) >= 11 is 0. The number of benzene rings is 1. The number of aliphatic carboxylic acids is 1. The Bertz CT molecular complexity index is 318. The van der Waals surface area contributed by atoms with Crippen LogP contribution in [0.4, 0.5) is 0 Å². The van der Waals surface area contributed by atoms with E-state index in [0.29, 0.717) is 6.42 Å². The first-order valence-electron chi connectivity index (χ1n) is 4.64. The van der Waals surface area contributed by atoms with E-state index in [1.807, 2.05) is 0 Å². The van der Waals surface area contributed by atoms with Gasteiger partial charge in [-0.15, -0.1) is 0 Å². The van der Waals surface area contributed by atoms with Gasteiger partial charge in [-0.05, 0) is 24.1 Å². The van der Waals surface area contributed by atoms with Crippen molar-refractivity contribution in [2.45, 2.75) is 6.42 Å². The number of ether oxygens (including phenoxy) is 1. The Balaban J connectivity index is 2.67. The lowest BCUT2D eigenvalue weighted by molar-refractivity contribution is -0.143. The summed E-state index contributed by atoms with van der Waals surface area (Å²) in [7, 11) is 1.57. The Hall–Kier alpha value is -1.55. The molecule has 0 aromatic heterocycles. The van der Waals surface area contributed by atoms with Crippen LogP contribution >= 0.6 is 0 Å². The molecule has 0 saturated carbocycles. The van der Waals surface area contributed by atoms with E-state index in [-0.39, 0.29) is 6.61 Å². The molecule has 4 nitrogen and oxygen atoms in total. The highest BCUT2D eigenvalue weighted by Crippen LogP contribution is 2.14. The van der Waals surface area contributed by atoms with Gasteiger partial charge in [0.05, 0.1) is 19.6 Å². The van der Waals surface area contributed by atoms with Gasteiger partial charge in [-0.1, -0.05) is 12.1 Å². The van der Waals surface area contributed by atoms with Crippen molar-refractivity contribution in [3.8, 4) is 5.75 Å². The molecule has 1 atom stereocenters. The highest BCUT2D eigenvalue weighted by Gasteiger charge is 2.16. The van der Waals surface area contributed by atoms with Crippen LogP contribution in [0.5, 0.6) is 5.75 Å². The lowest BCUT2D eigenvalue weighted by Crippen LogP contribution is -2.20. The molecule has 0 spiro atoms. The first-order chi connectivity index (χ1) is 7.17. The van der Waals surface area contributed by atoms with Crippen molar-refractivity contribution < 1.29 is 19.7 Å². The van der Waals surface area contributed by atoms with E-state index in [0.717, 1.165) is 11.3 Å². The van der Waals surface area contributed by atoms with E-state index >= 15 is 0 Å².